The summed E-state index contributed by atoms with van der Waals surface area (Å²) in [5, 5.41) is 3.11. The van der Waals surface area contributed by atoms with Crippen LogP contribution >= 0.6 is 11.6 Å². The zero-order valence-corrected chi connectivity index (χ0v) is 12.7. The zero-order chi connectivity index (χ0) is 13.7. The SMILES string of the molecule is CC(C)=CC(=O)NCC12CC3CC(CC(Cl)(C3)C1)C2. The van der Waals surface area contributed by atoms with E-state index in [2.05, 4.69) is 5.32 Å². The number of nitrogens with one attached hydrogen (secondary N) is 1. The second-order valence-corrected chi connectivity index (χ2v) is 8.35. The number of alkyl halides is 1. The molecule has 0 radical (unpaired) electrons. The summed E-state index contributed by atoms with van der Waals surface area (Å²) >= 11 is 6.80. The number of amides is 1. The van der Waals surface area contributed by atoms with Crippen LogP contribution in [0.3, 0.4) is 0 Å². The summed E-state index contributed by atoms with van der Waals surface area (Å²) in [6.07, 6.45) is 9.11. The minimum atomic E-state index is 0.0469. The molecule has 0 aliphatic heterocycles. The molecule has 0 aromatic rings. The van der Waals surface area contributed by atoms with Crippen molar-refractivity contribution in [1.29, 1.82) is 0 Å². The molecule has 0 heterocycles. The molecule has 3 heteroatoms. The number of allylic oxidation sites excluding steroid dienone is 1. The molecule has 4 aliphatic carbocycles. The van der Waals surface area contributed by atoms with Crippen molar-refractivity contribution in [2.45, 2.75) is 57.2 Å². The van der Waals surface area contributed by atoms with Crippen molar-refractivity contribution in [2.75, 3.05) is 6.54 Å². The third-order valence-electron chi connectivity index (χ3n) is 5.17. The van der Waals surface area contributed by atoms with Crippen LogP contribution in [0.5, 0.6) is 0 Å². The fourth-order valence-electron chi connectivity index (χ4n) is 5.13. The highest BCUT2D eigenvalue weighted by molar-refractivity contribution is 6.24. The summed E-state index contributed by atoms with van der Waals surface area (Å²) in [6, 6.07) is 0. The molecule has 4 fully saturated rings. The maximum atomic E-state index is 11.8. The Kier molecular flexibility index (Phi) is 3.20. The van der Waals surface area contributed by atoms with Gasteiger partial charge in [0.2, 0.25) is 5.91 Å². The maximum Gasteiger partial charge on any atom is 0.243 e. The number of hydrogen-bond donors (Lipinski definition) is 1. The highest BCUT2D eigenvalue weighted by atomic mass is 35.5. The average Bonchev–Trinajstić information content (AvgIpc) is 2.22. The van der Waals surface area contributed by atoms with E-state index >= 15 is 0 Å². The first kappa shape index (κ1) is 13.5. The highest BCUT2D eigenvalue weighted by Gasteiger charge is 2.56. The molecule has 0 spiro atoms. The van der Waals surface area contributed by atoms with Crippen LogP contribution in [0.4, 0.5) is 0 Å². The molecule has 2 nitrogen and oxygen atoms in total. The largest absolute Gasteiger partial charge is 0.352 e. The fourth-order valence-corrected chi connectivity index (χ4v) is 5.85. The summed E-state index contributed by atoms with van der Waals surface area (Å²) in [5.74, 6) is 1.66. The fraction of sp³-hybridized carbons (Fsp3) is 0.812. The van der Waals surface area contributed by atoms with Crippen LogP contribution in [0.2, 0.25) is 0 Å². The second-order valence-electron chi connectivity index (χ2n) is 7.55. The number of hydrogen-bond acceptors (Lipinski definition) is 1. The zero-order valence-electron chi connectivity index (χ0n) is 12.0. The Hall–Kier alpha value is -0.500. The van der Waals surface area contributed by atoms with Gasteiger partial charge in [0.05, 0.1) is 0 Å². The molecular weight excluding hydrogens is 258 g/mol. The summed E-state index contributed by atoms with van der Waals surface area (Å²) in [4.78, 5) is 11.9. The average molecular weight is 282 g/mol. The number of rotatable bonds is 3. The van der Waals surface area contributed by atoms with E-state index in [1.807, 2.05) is 13.8 Å². The Morgan fingerprint density at radius 1 is 1.26 bits per heavy atom. The lowest BCUT2D eigenvalue weighted by atomic mass is 9.49. The molecule has 4 bridgehead atoms. The van der Waals surface area contributed by atoms with E-state index < -0.39 is 0 Å². The molecule has 4 rings (SSSR count). The molecule has 1 N–H and O–H groups in total. The van der Waals surface area contributed by atoms with Crippen molar-refractivity contribution in [3.63, 3.8) is 0 Å². The third-order valence-corrected chi connectivity index (χ3v) is 5.61. The van der Waals surface area contributed by atoms with Crippen molar-refractivity contribution < 1.29 is 4.79 Å². The predicted octanol–water partition coefficient (Wildman–Crippen LogP) is 3.65. The summed E-state index contributed by atoms with van der Waals surface area (Å²) < 4.78 is 0. The van der Waals surface area contributed by atoms with Crippen LogP contribution in [-0.2, 0) is 4.79 Å². The highest BCUT2D eigenvalue weighted by Crippen LogP contribution is 2.63. The summed E-state index contributed by atoms with van der Waals surface area (Å²) in [6.45, 7) is 4.73. The minimum Gasteiger partial charge on any atom is -0.352 e. The lowest BCUT2D eigenvalue weighted by Crippen LogP contribution is -2.56. The van der Waals surface area contributed by atoms with Gasteiger partial charge in [0.1, 0.15) is 0 Å². The lowest BCUT2D eigenvalue weighted by molar-refractivity contribution is -0.118. The topological polar surface area (TPSA) is 29.1 Å². The van der Waals surface area contributed by atoms with E-state index in [4.69, 9.17) is 11.6 Å². The van der Waals surface area contributed by atoms with Crippen molar-refractivity contribution >= 4 is 17.5 Å². The van der Waals surface area contributed by atoms with E-state index in [1.165, 1.54) is 32.1 Å². The van der Waals surface area contributed by atoms with Crippen molar-refractivity contribution in [1.82, 2.24) is 5.32 Å². The van der Waals surface area contributed by atoms with Gasteiger partial charge in [-0.2, -0.15) is 0 Å². The molecule has 0 saturated heterocycles. The monoisotopic (exact) mass is 281 g/mol. The van der Waals surface area contributed by atoms with Gasteiger partial charge in [0.15, 0.2) is 0 Å². The van der Waals surface area contributed by atoms with Crippen LogP contribution in [0, 0.1) is 17.3 Å². The molecule has 106 valence electrons. The van der Waals surface area contributed by atoms with E-state index in [0.29, 0.717) is 0 Å². The van der Waals surface area contributed by atoms with Crippen LogP contribution < -0.4 is 5.32 Å². The number of carbonyl (C=O) groups excluding carboxylic acids is 1. The molecule has 2 unspecified atom stereocenters. The molecule has 0 aromatic heterocycles. The van der Waals surface area contributed by atoms with Gasteiger partial charge < -0.3 is 5.32 Å². The van der Waals surface area contributed by atoms with E-state index in [-0.39, 0.29) is 16.2 Å². The van der Waals surface area contributed by atoms with Crippen LogP contribution in [0.15, 0.2) is 11.6 Å². The normalized spacial score (nSPS) is 43.1. The first-order valence-electron chi connectivity index (χ1n) is 7.50. The number of halogens is 1. The van der Waals surface area contributed by atoms with Gasteiger partial charge in [-0.25, -0.2) is 0 Å². The first-order valence-corrected chi connectivity index (χ1v) is 7.88. The number of carbonyl (C=O) groups is 1. The van der Waals surface area contributed by atoms with E-state index in [1.54, 1.807) is 6.08 Å². The smallest absolute Gasteiger partial charge is 0.243 e. The summed E-state index contributed by atoms with van der Waals surface area (Å²) in [7, 11) is 0. The van der Waals surface area contributed by atoms with Gasteiger partial charge >= 0.3 is 0 Å². The molecular formula is C16H24ClNO. The van der Waals surface area contributed by atoms with Gasteiger partial charge in [0.25, 0.3) is 0 Å². The van der Waals surface area contributed by atoms with Crippen molar-refractivity contribution in [3.05, 3.63) is 11.6 Å². The Labute approximate surface area is 121 Å². The molecule has 2 atom stereocenters. The second kappa shape index (κ2) is 4.51. The quantitative estimate of drug-likeness (QED) is 0.621. The minimum absolute atomic E-state index is 0.0469. The van der Waals surface area contributed by atoms with E-state index in [9.17, 15) is 4.79 Å². The molecule has 4 saturated carbocycles. The predicted molar refractivity (Wildman–Crippen MR) is 78.1 cm³/mol. The molecule has 1 amide bonds. The Morgan fingerprint density at radius 2 is 1.89 bits per heavy atom. The summed E-state index contributed by atoms with van der Waals surface area (Å²) in [5.41, 5.74) is 1.34. The van der Waals surface area contributed by atoms with Gasteiger partial charge in [0, 0.05) is 17.5 Å². The molecule has 0 aromatic carbocycles. The standard InChI is InChI=1S/C16H24ClNO/c1-11(2)3-14(19)18-10-15-5-12-4-13(6-15)8-16(17,7-12)9-15/h3,12-13H,4-10H2,1-2H3,(H,18,19). The van der Waals surface area contributed by atoms with Gasteiger partial charge in [-0.05, 0) is 69.6 Å². The van der Waals surface area contributed by atoms with Crippen LogP contribution in [0.1, 0.15) is 52.4 Å². The Morgan fingerprint density at radius 3 is 2.42 bits per heavy atom. The molecule has 4 aliphatic rings. The van der Waals surface area contributed by atoms with Crippen LogP contribution in [0.25, 0.3) is 0 Å². The van der Waals surface area contributed by atoms with Crippen molar-refractivity contribution in [3.8, 4) is 0 Å². The van der Waals surface area contributed by atoms with E-state index in [0.717, 1.165) is 30.4 Å². The van der Waals surface area contributed by atoms with Gasteiger partial charge in [-0.15, -0.1) is 11.6 Å². The van der Waals surface area contributed by atoms with Gasteiger partial charge in [-0.3, -0.25) is 4.79 Å². The third kappa shape index (κ3) is 2.69. The van der Waals surface area contributed by atoms with Gasteiger partial charge in [-0.1, -0.05) is 5.57 Å². The molecule has 19 heavy (non-hydrogen) atoms. The maximum absolute atomic E-state index is 11.8. The lowest BCUT2D eigenvalue weighted by Gasteiger charge is -2.60. The first-order chi connectivity index (χ1) is 8.88. The Bertz CT molecular complexity index is 410. The van der Waals surface area contributed by atoms with Crippen LogP contribution in [-0.4, -0.2) is 17.3 Å². The Balaban J connectivity index is 1.67. The van der Waals surface area contributed by atoms with Crippen molar-refractivity contribution in [2.24, 2.45) is 17.3 Å².